The summed E-state index contributed by atoms with van der Waals surface area (Å²) in [5, 5.41) is 9.24. The highest BCUT2D eigenvalue weighted by molar-refractivity contribution is 6.33. The van der Waals surface area contributed by atoms with Crippen molar-refractivity contribution in [1.82, 2.24) is 0 Å². The summed E-state index contributed by atoms with van der Waals surface area (Å²) in [6.07, 6.45) is 0.0838. The molecule has 0 radical (unpaired) electrons. The van der Waals surface area contributed by atoms with Gasteiger partial charge in [-0.1, -0.05) is 29.3 Å². The maximum atomic E-state index is 13.8. The van der Waals surface area contributed by atoms with Crippen LogP contribution in [0.3, 0.4) is 0 Å². The molecule has 0 saturated heterocycles. The van der Waals surface area contributed by atoms with Crippen molar-refractivity contribution in [2.24, 2.45) is 0 Å². The van der Waals surface area contributed by atoms with Gasteiger partial charge in [0, 0.05) is 17.3 Å². The molecule has 0 heterocycles. The minimum absolute atomic E-state index is 0.0838. The molecule has 0 atom stereocenters. The van der Waals surface area contributed by atoms with Crippen LogP contribution in [0, 0.1) is 24.1 Å². The summed E-state index contributed by atoms with van der Waals surface area (Å²) >= 11 is 11.8. The first-order valence-electron chi connectivity index (χ1n) is 7.89. The van der Waals surface area contributed by atoms with E-state index in [1.54, 1.807) is 25.1 Å². The lowest BCUT2D eigenvalue weighted by Gasteiger charge is -2.22. The standard InChI is InChI=1S/C19H15Cl2FN2O3/c1-12-10-13(6-7-14(12)20)24(9-3-8-23)17(25)11-27-19(26)18-15(21)4-2-5-16(18)22/h2,4-7,10H,3,9,11H2,1H3. The van der Waals surface area contributed by atoms with Gasteiger partial charge in [0.25, 0.3) is 5.91 Å². The van der Waals surface area contributed by atoms with Gasteiger partial charge in [0.15, 0.2) is 6.61 Å². The SMILES string of the molecule is Cc1cc(N(CCC#N)C(=O)COC(=O)c2c(F)cccc2Cl)ccc1Cl. The van der Waals surface area contributed by atoms with Crippen molar-refractivity contribution in [1.29, 1.82) is 5.26 Å². The van der Waals surface area contributed by atoms with E-state index in [4.69, 9.17) is 33.2 Å². The van der Waals surface area contributed by atoms with E-state index in [0.717, 1.165) is 11.6 Å². The number of ether oxygens (including phenoxy) is 1. The van der Waals surface area contributed by atoms with Crippen LogP contribution in [-0.4, -0.2) is 25.0 Å². The quantitative estimate of drug-likeness (QED) is 0.657. The van der Waals surface area contributed by atoms with E-state index in [2.05, 4.69) is 0 Å². The van der Waals surface area contributed by atoms with Crippen LogP contribution in [-0.2, 0) is 9.53 Å². The van der Waals surface area contributed by atoms with Gasteiger partial charge in [0.2, 0.25) is 0 Å². The second-order valence-corrected chi connectivity index (χ2v) is 6.37. The Labute approximate surface area is 165 Å². The highest BCUT2D eigenvalue weighted by Gasteiger charge is 2.21. The molecule has 140 valence electrons. The molecule has 0 aliphatic carbocycles. The zero-order chi connectivity index (χ0) is 20.0. The van der Waals surface area contributed by atoms with Gasteiger partial charge in [0.1, 0.15) is 11.4 Å². The van der Waals surface area contributed by atoms with Crippen LogP contribution in [0.2, 0.25) is 10.0 Å². The van der Waals surface area contributed by atoms with Gasteiger partial charge >= 0.3 is 5.97 Å². The first-order valence-corrected chi connectivity index (χ1v) is 8.65. The fourth-order valence-electron chi connectivity index (χ4n) is 2.33. The highest BCUT2D eigenvalue weighted by Crippen LogP contribution is 2.23. The van der Waals surface area contributed by atoms with E-state index in [1.165, 1.54) is 17.0 Å². The molecule has 0 fully saturated rings. The zero-order valence-electron chi connectivity index (χ0n) is 14.3. The molecule has 2 rings (SSSR count). The molecule has 0 unspecified atom stereocenters. The van der Waals surface area contributed by atoms with Crippen LogP contribution in [0.15, 0.2) is 36.4 Å². The van der Waals surface area contributed by atoms with Crippen molar-refractivity contribution < 1.29 is 18.7 Å². The molecule has 0 aromatic heterocycles. The number of rotatable bonds is 6. The van der Waals surface area contributed by atoms with Gasteiger partial charge < -0.3 is 9.64 Å². The average molecular weight is 409 g/mol. The van der Waals surface area contributed by atoms with Gasteiger partial charge in [-0.15, -0.1) is 0 Å². The van der Waals surface area contributed by atoms with Crippen LogP contribution in [0.4, 0.5) is 10.1 Å². The third-order valence-corrected chi connectivity index (χ3v) is 4.43. The molecule has 8 heteroatoms. The molecule has 5 nitrogen and oxygen atoms in total. The summed E-state index contributed by atoms with van der Waals surface area (Å²) in [4.78, 5) is 25.9. The Morgan fingerprint density at radius 1 is 1.22 bits per heavy atom. The second kappa shape index (κ2) is 9.36. The minimum atomic E-state index is -1.04. The summed E-state index contributed by atoms with van der Waals surface area (Å²) in [7, 11) is 0. The summed E-state index contributed by atoms with van der Waals surface area (Å²) in [5.41, 5.74) is 0.828. The highest BCUT2D eigenvalue weighted by atomic mass is 35.5. The third kappa shape index (κ3) is 5.19. The number of hydrogen-bond donors (Lipinski definition) is 0. The number of carbonyl (C=O) groups excluding carboxylic acids is 2. The third-order valence-electron chi connectivity index (χ3n) is 3.70. The number of carbonyl (C=O) groups is 2. The number of aryl methyl sites for hydroxylation is 1. The maximum absolute atomic E-state index is 13.8. The van der Waals surface area contributed by atoms with E-state index in [0.29, 0.717) is 10.7 Å². The average Bonchev–Trinajstić information content (AvgIpc) is 2.63. The Hall–Kier alpha value is -2.62. The second-order valence-electron chi connectivity index (χ2n) is 5.56. The Morgan fingerprint density at radius 2 is 1.96 bits per heavy atom. The number of nitriles is 1. The Bertz CT molecular complexity index is 892. The number of benzene rings is 2. The van der Waals surface area contributed by atoms with E-state index in [1.807, 2.05) is 6.07 Å². The van der Waals surface area contributed by atoms with Gasteiger partial charge in [0.05, 0.1) is 17.5 Å². The summed E-state index contributed by atoms with van der Waals surface area (Å²) in [5.74, 6) is -2.44. The van der Waals surface area contributed by atoms with Gasteiger partial charge in [-0.2, -0.15) is 5.26 Å². The Morgan fingerprint density at radius 3 is 2.59 bits per heavy atom. The minimum Gasteiger partial charge on any atom is -0.452 e. The molecule has 0 saturated carbocycles. The lowest BCUT2D eigenvalue weighted by atomic mass is 10.2. The topological polar surface area (TPSA) is 70.4 Å². The van der Waals surface area contributed by atoms with E-state index in [9.17, 15) is 14.0 Å². The normalized spacial score (nSPS) is 10.2. The van der Waals surface area contributed by atoms with Crippen molar-refractivity contribution in [3.8, 4) is 6.07 Å². The summed E-state index contributed by atoms with van der Waals surface area (Å²) < 4.78 is 18.7. The van der Waals surface area contributed by atoms with Crippen molar-refractivity contribution in [2.45, 2.75) is 13.3 Å². The fraction of sp³-hybridized carbons (Fsp3) is 0.211. The first kappa shape index (κ1) is 20.7. The van der Waals surface area contributed by atoms with Gasteiger partial charge in [-0.25, -0.2) is 9.18 Å². The molecule has 27 heavy (non-hydrogen) atoms. The molecule has 2 aromatic rings. The van der Waals surface area contributed by atoms with E-state index >= 15 is 0 Å². The zero-order valence-corrected chi connectivity index (χ0v) is 15.9. The number of nitrogens with zero attached hydrogens (tertiary/aromatic N) is 2. The molecule has 2 aromatic carbocycles. The Balaban J connectivity index is 2.15. The predicted molar refractivity (Wildman–Crippen MR) is 100 cm³/mol. The number of halogens is 3. The monoisotopic (exact) mass is 408 g/mol. The summed E-state index contributed by atoms with van der Waals surface area (Å²) in [6.45, 7) is 1.25. The molecule has 0 aliphatic heterocycles. The molecular weight excluding hydrogens is 394 g/mol. The number of amides is 1. The van der Waals surface area contributed by atoms with Gasteiger partial charge in [-0.3, -0.25) is 4.79 Å². The largest absolute Gasteiger partial charge is 0.452 e. The van der Waals surface area contributed by atoms with Crippen molar-refractivity contribution in [3.63, 3.8) is 0 Å². The number of hydrogen-bond acceptors (Lipinski definition) is 4. The predicted octanol–water partition coefficient (Wildman–Crippen LogP) is 4.54. The van der Waals surface area contributed by atoms with Crippen LogP contribution in [0.1, 0.15) is 22.3 Å². The van der Waals surface area contributed by atoms with Crippen LogP contribution in [0.5, 0.6) is 0 Å². The summed E-state index contributed by atoms with van der Waals surface area (Å²) in [6, 6.07) is 10.7. The van der Waals surface area contributed by atoms with Crippen molar-refractivity contribution in [2.75, 3.05) is 18.1 Å². The lowest BCUT2D eigenvalue weighted by molar-refractivity contribution is -0.121. The van der Waals surface area contributed by atoms with Crippen molar-refractivity contribution >= 4 is 40.8 Å². The molecule has 0 bridgehead atoms. The van der Waals surface area contributed by atoms with Crippen LogP contribution in [0.25, 0.3) is 0 Å². The van der Waals surface area contributed by atoms with Gasteiger partial charge in [-0.05, 0) is 42.8 Å². The lowest BCUT2D eigenvalue weighted by Crippen LogP contribution is -2.35. The molecular formula is C19H15Cl2FN2O3. The smallest absolute Gasteiger partial charge is 0.343 e. The van der Waals surface area contributed by atoms with E-state index < -0.39 is 29.9 Å². The van der Waals surface area contributed by atoms with E-state index in [-0.39, 0.29) is 18.0 Å². The van der Waals surface area contributed by atoms with Crippen LogP contribution >= 0.6 is 23.2 Å². The van der Waals surface area contributed by atoms with Crippen molar-refractivity contribution in [3.05, 3.63) is 63.4 Å². The number of esters is 1. The molecule has 0 spiro atoms. The Kier molecular flexibility index (Phi) is 7.17. The van der Waals surface area contributed by atoms with Crippen LogP contribution < -0.4 is 4.90 Å². The number of anilines is 1. The maximum Gasteiger partial charge on any atom is 0.343 e. The molecule has 0 aliphatic rings. The fourth-order valence-corrected chi connectivity index (χ4v) is 2.68. The first-order chi connectivity index (χ1) is 12.8. The molecule has 0 N–H and O–H groups in total. The molecule has 1 amide bonds.